The van der Waals surface area contributed by atoms with E-state index in [-0.39, 0.29) is 0 Å². The lowest BCUT2D eigenvalue weighted by Gasteiger charge is -2.13. The van der Waals surface area contributed by atoms with Gasteiger partial charge in [-0.2, -0.15) is 0 Å². The molecule has 112 valence electrons. The number of thiazole rings is 1. The van der Waals surface area contributed by atoms with E-state index in [0.29, 0.717) is 23.0 Å². The SMILES string of the molecule is CCCC(NC(=O)Nc1nc2ccc(Cl)cc2s1)C(=O)O. The predicted octanol–water partition coefficient (Wildman–Crippen LogP) is 3.32. The summed E-state index contributed by atoms with van der Waals surface area (Å²) in [6.45, 7) is 1.85. The quantitative estimate of drug-likeness (QED) is 0.785. The number of nitrogens with one attached hydrogen (secondary N) is 2. The zero-order valence-electron chi connectivity index (χ0n) is 11.2. The van der Waals surface area contributed by atoms with Crippen LogP contribution in [0, 0.1) is 0 Å². The molecule has 6 nitrogen and oxygen atoms in total. The van der Waals surface area contributed by atoms with Crippen LogP contribution >= 0.6 is 22.9 Å². The van der Waals surface area contributed by atoms with Crippen LogP contribution in [0.5, 0.6) is 0 Å². The molecule has 2 aromatic rings. The molecule has 8 heteroatoms. The van der Waals surface area contributed by atoms with Crippen LogP contribution in [0.3, 0.4) is 0 Å². The summed E-state index contributed by atoms with van der Waals surface area (Å²) in [5.41, 5.74) is 0.725. The Balaban J connectivity index is 2.05. The fourth-order valence-electron chi connectivity index (χ4n) is 1.79. The molecule has 1 aromatic carbocycles. The van der Waals surface area contributed by atoms with E-state index in [1.54, 1.807) is 18.2 Å². The predicted molar refractivity (Wildman–Crippen MR) is 83.1 cm³/mol. The maximum atomic E-state index is 11.8. The van der Waals surface area contributed by atoms with E-state index >= 15 is 0 Å². The van der Waals surface area contributed by atoms with E-state index in [1.165, 1.54) is 11.3 Å². The molecule has 2 rings (SSSR count). The molecule has 0 saturated carbocycles. The number of halogens is 1. The summed E-state index contributed by atoms with van der Waals surface area (Å²) in [6.07, 6.45) is 1.04. The van der Waals surface area contributed by atoms with Crippen molar-refractivity contribution >= 4 is 50.3 Å². The number of carbonyl (C=O) groups is 2. The van der Waals surface area contributed by atoms with Crippen LogP contribution in [0.1, 0.15) is 19.8 Å². The van der Waals surface area contributed by atoms with Gasteiger partial charge in [-0.3, -0.25) is 5.32 Å². The Labute approximate surface area is 130 Å². The van der Waals surface area contributed by atoms with Crippen LogP contribution < -0.4 is 10.6 Å². The van der Waals surface area contributed by atoms with Gasteiger partial charge in [0.1, 0.15) is 6.04 Å². The molecule has 1 unspecified atom stereocenters. The maximum Gasteiger partial charge on any atom is 0.326 e. The minimum atomic E-state index is -1.05. The summed E-state index contributed by atoms with van der Waals surface area (Å²) in [5, 5.41) is 14.9. The average Bonchev–Trinajstić information content (AvgIpc) is 2.79. The van der Waals surface area contributed by atoms with Crippen LogP contribution in [0.2, 0.25) is 5.02 Å². The first kappa shape index (κ1) is 15.5. The normalized spacial score (nSPS) is 12.1. The lowest BCUT2D eigenvalue weighted by Crippen LogP contribution is -2.42. The Morgan fingerprint density at radius 2 is 2.24 bits per heavy atom. The number of hydrogen-bond donors (Lipinski definition) is 3. The Hall–Kier alpha value is -1.86. The molecule has 21 heavy (non-hydrogen) atoms. The number of nitrogens with zero attached hydrogens (tertiary/aromatic N) is 1. The van der Waals surface area contributed by atoms with Crippen molar-refractivity contribution in [3.05, 3.63) is 23.2 Å². The monoisotopic (exact) mass is 327 g/mol. The van der Waals surface area contributed by atoms with Crippen molar-refractivity contribution in [2.75, 3.05) is 5.32 Å². The molecular weight excluding hydrogens is 314 g/mol. The summed E-state index contributed by atoms with van der Waals surface area (Å²) in [6, 6.07) is 3.75. The van der Waals surface area contributed by atoms with Crippen molar-refractivity contribution in [2.45, 2.75) is 25.8 Å². The molecule has 1 heterocycles. The number of aromatic nitrogens is 1. The van der Waals surface area contributed by atoms with Gasteiger partial charge in [-0.25, -0.2) is 14.6 Å². The fourth-order valence-corrected chi connectivity index (χ4v) is 2.93. The molecule has 0 bridgehead atoms. The first-order chi connectivity index (χ1) is 9.99. The number of anilines is 1. The van der Waals surface area contributed by atoms with Crippen molar-refractivity contribution in [1.82, 2.24) is 10.3 Å². The zero-order valence-corrected chi connectivity index (χ0v) is 12.8. The van der Waals surface area contributed by atoms with Gasteiger partial charge in [-0.05, 0) is 24.6 Å². The van der Waals surface area contributed by atoms with Crippen LogP contribution in [0.4, 0.5) is 9.93 Å². The molecule has 1 atom stereocenters. The lowest BCUT2D eigenvalue weighted by atomic mass is 10.2. The summed E-state index contributed by atoms with van der Waals surface area (Å²) in [5.74, 6) is -1.05. The number of carboxylic acids is 1. The molecule has 0 saturated heterocycles. The highest BCUT2D eigenvalue weighted by Crippen LogP contribution is 2.28. The van der Waals surface area contributed by atoms with E-state index in [4.69, 9.17) is 16.7 Å². The number of hydrogen-bond acceptors (Lipinski definition) is 4. The number of aliphatic carboxylic acids is 1. The Kier molecular flexibility index (Phi) is 4.98. The number of benzene rings is 1. The van der Waals surface area contributed by atoms with E-state index in [1.807, 2.05) is 6.92 Å². The topological polar surface area (TPSA) is 91.3 Å². The van der Waals surface area contributed by atoms with Crippen molar-refractivity contribution in [1.29, 1.82) is 0 Å². The largest absolute Gasteiger partial charge is 0.480 e. The van der Waals surface area contributed by atoms with E-state index in [0.717, 1.165) is 10.2 Å². The van der Waals surface area contributed by atoms with E-state index in [9.17, 15) is 9.59 Å². The molecule has 0 aliphatic carbocycles. The highest BCUT2D eigenvalue weighted by molar-refractivity contribution is 7.22. The first-order valence-electron chi connectivity index (χ1n) is 6.36. The minimum Gasteiger partial charge on any atom is -0.480 e. The third kappa shape index (κ3) is 4.05. The number of urea groups is 1. The second-order valence-corrected chi connectivity index (χ2v) is 5.88. The molecular formula is C13H14ClN3O3S. The van der Waals surface area contributed by atoms with Gasteiger partial charge in [0.05, 0.1) is 10.2 Å². The number of fused-ring (bicyclic) bond motifs is 1. The molecule has 0 aliphatic rings. The molecule has 1 aromatic heterocycles. The van der Waals surface area contributed by atoms with Crippen molar-refractivity contribution in [3.8, 4) is 0 Å². The second kappa shape index (κ2) is 6.73. The smallest absolute Gasteiger partial charge is 0.326 e. The van der Waals surface area contributed by atoms with Gasteiger partial charge in [0.15, 0.2) is 5.13 Å². The van der Waals surface area contributed by atoms with Crippen molar-refractivity contribution in [3.63, 3.8) is 0 Å². The minimum absolute atomic E-state index is 0.373. The Bertz CT molecular complexity index is 674. The highest BCUT2D eigenvalue weighted by Gasteiger charge is 2.19. The highest BCUT2D eigenvalue weighted by atomic mass is 35.5. The van der Waals surface area contributed by atoms with Crippen LogP contribution in [-0.4, -0.2) is 28.1 Å². The molecule has 0 spiro atoms. The van der Waals surface area contributed by atoms with Gasteiger partial charge in [0.2, 0.25) is 0 Å². The summed E-state index contributed by atoms with van der Waals surface area (Å²) >= 11 is 7.16. The van der Waals surface area contributed by atoms with Crippen LogP contribution in [0.25, 0.3) is 10.2 Å². The average molecular weight is 328 g/mol. The van der Waals surface area contributed by atoms with Crippen LogP contribution in [-0.2, 0) is 4.79 Å². The van der Waals surface area contributed by atoms with Crippen LogP contribution in [0.15, 0.2) is 18.2 Å². The van der Waals surface area contributed by atoms with Gasteiger partial charge < -0.3 is 10.4 Å². The van der Waals surface area contributed by atoms with E-state index < -0.39 is 18.0 Å². The zero-order chi connectivity index (χ0) is 15.4. The Morgan fingerprint density at radius 1 is 1.48 bits per heavy atom. The second-order valence-electron chi connectivity index (χ2n) is 4.41. The van der Waals surface area contributed by atoms with Gasteiger partial charge in [-0.1, -0.05) is 36.3 Å². The maximum absolute atomic E-state index is 11.8. The van der Waals surface area contributed by atoms with Crippen molar-refractivity contribution in [2.24, 2.45) is 0 Å². The molecule has 2 amide bonds. The summed E-state index contributed by atoms with van der Waals surface area (Å²) < 4.78 is 0.848. The summed E-state index contributed by atoms with van der Waals surface area (Å²) in [7, 11) is 0. The molecule has 3 N–H and O–H groups in total. The van der Waals surface area contributed by atoms with Gasteiger partial charge in [0.25, 0.3) is 0 Å². The number of rotatable bonds is 5. The molecule has 0 radical (unpaired) electrons. The van der Waals surface area contributed by atoms with Gasteiger partial charge in [0, 0.05) is 5.02 Å². The standard InChI is InChI=1S/C13H14ClN3O3S/c1-2-3-9(11(18)19)15-12(20)17-13-16-8-5-4-7(14)6-10(8)21-13/h4-6,9H,2-3H2,1H3,(H,18,19)(H2,15,16,17,20). The number of amides is 2. The summed E-state index contributed by atoms with van der Waals surface area (Å²) in [4.78, 5) is 27.0. The molecule has 0 aliphatic heterocycles. The third-order valence-corrected chi connectivity index (χ3v) is 3.92. The number of carbonyl (C=O) groups excluding carboxylic acids is 1. The van der Waals surface area contributed by atoms with Crippen molar-refractivity contribution < 1.29 is 14.7 Å². The van der Waals surface area contributed by atoms with Gasteiger partial charge >= 0.3 is 12.0 Å². The van der Waals surface area contributed by atoms with E-state index in [2.05, 4.69) is 15.6 Å². The first-order valence-corrected chi connectivity index (χ1v) is 7.55. The Morgan fingerprint density at radius 3 is 2.90 bits per heavy atom. The third-order valence-electron chi connectivity index (χ3n) is 2.75. The number of carboxylic acid groups (broad SMARTS) is 1. The fraction of sp³-hybridized carbons (Fsp3) is 0.308. The molecule has 0 fully saturated rings. The van der Waals surface area contributed by atoms with Gasteiger partial charge in [-0.15, -0.1) is 0 Å². The lowest BCUT2D eigenvalue weighted by molar-refractivity contribution is -0.139.